The van der Waals surface area contributed by atoms with Gasteiger partial charge in [0.25, 0.3) is 5.91 Å². The van der Waals surface area contributed by atoms with E-state index in [1.807, 2.05) is 6.07 Å². The Hall–Kier alpha value is -4.15. The average Bonchev–Trinajstić information content (AvgIpc) is 3.31. The van der Waals surface area contributed by atoms with Gasteiger partial charge in [-0.15, -0.1) is 0 Å². The van der Waals surface area contributed by atoms with Gasteiger partial charge in [0.15, 0.2) is 0 Å². The third-order valence-electron chi connectivity index (χ3n) is 4.55. The van der Waals surface area contributed by atoms with E-state index < -0.39 is 0 Å². The fourth-order valence-electron chi connectivity index (χ4n) is 2.90. The Labute approximate surface area is 189 Å². The molecule has 3 aromatic carbocycles. The number of carbonyl (C=O) groups excluding carboxylic acids is 1. The Bertz CT molecular complexity index is 1260. The number of rotatable bonds is 7. The molecule has 0 aliphatic carbocycles. The zero-order chi connectivity index (χ0) is 22.3. The van der Waals surface area contributed by atoms with Crippen molar-refractivity contribution in [2.45, 2.75) is 13.2 Å². The molecule has 1 aromatic heterocycles. The highest BCUT2D eigenvalue weighted by molar-refractivity contribution is 6.30. The van der Waals surface area contributed by atoms with Gasteiger partial charge in [0, 0.05) is 16.1 Å². The monoisotopic (exact) mass is 444 g/mol. The van der Waals surface area contributed by atoms with Crippen molar-refractivity contribution in [1.82, 2.24) is 15.5 Å². The normalized spacial score (nSPS) is 10.4. The number of ether oxygens (including phenoxy) is 1. The maximum atomic E-state index is 12.5. The first-order valence-electron chi connectivity index (χ1n) is 9.69. The number of hydrogen-bond acceptors (Lipinski definition) is 6. The largest absolute Gasteiger partial charge is 0.489 e. The van der Waals surface area contributed by atoms with Crippen LogP contribution in [0.25, 0.3) is 11.4 Å². The van der Waals surface area contributed by atoms with Gasteiger partial charge < -0.3 is 14.6 Å². The van der Waals surface area contributed by atoms with E-state index in [1.165, 1.54) is 0 Å². The lowest BCUT2D eigenvalue weighted by molar-refractivity contribution is 0.0946. The standard InChI is InChI=1S/C24H17ClN4O3/c25-20-8-6-18(7-9-20)23-28-22(32-29-23)14-27-24(30)19-3-1-2-17(12-19)15-31-21-10-4-16(13-26)5-11-21/h1-12H,14-15H2,(H,27,30). The van der Waals surface area contributed by atoms with Crippen molar-refractivity contribution in [3.05, 3.63) is 100 Å². The van der Waals surface area contributed by atoms with E-state index in [9.17, 15) is 4.79 Å². The Balaban J connectivity index is 1.33. The van der Waals surface area contributed by atoms with E-state index in [1.54, 1.807) is 66.7 Å². The minimum atomic E-state index is -0.267. The minimum absolute atomic E-state index is 0.103. The number of benzene rings is 3. The maximum absolute atomic E-state index is 12.5. The molecule has 7 nitrogen and oxygen atoms in total. The maximum Gasteiger partial charge on any atom is 0.251 e. The van der Waals surface area contributed by atoms with Gasteiger partial charge in [-0.3, -0.25) is 4.79 Å². The summed E-state index contributed by atoms with van der Waals surface area (Å²) in [4.78, 5) is 16.8. The number of halogens is 1. The topological polar surface area (TPSA) is 101 Å². The summed E-state index contributed by atoms with van der Waals surface area (Å²) in [5, 5.41) is 16.2. The van der Waals surface area contributed by atoms with Crippen LogP contribution in [0.4, 0.5) is 0 Å². The molecule has 0 aliphatic heterocycles. The SMILES string of the molecule is N#Cc1ccc(OCc2cccc(C(=O)NCc3nc(-c4ccc(Cl)cc4)no3)c2)cc1. The third-order valence-corrected chi connectivity index (χ3v) is 4.80. The molecule has 4 aromatic rings. The van der Waals surface area contributed by atoms with Gasteiger partial charge in [-0.25, -0.2) is 0 Å². The number of aromatic nitrogens is 2. The molecule has 1 amide bonds. The van der Waals surface area contributed by atoms with Gasteiger partial charge in [0.2, 0.25) is 11.7 Å². The molecule has 158 valence electrons. The van der Waals surface area contributed by atoms with Crippen LogP contribution in [0, 0.1) is 11.3 Å². The van der Waals surface area contributed by atoms with Crippen molar-refractivity contribution < 1.29 is 14.1 Å². The van der Waals surface area contributed by atoms with Crippen LogP contribution < -0.4 is 10.1 Å². The van der Waals surface area contributed by atoms with E-state index >= 15 is 0 Å². The van der Waals surface area contributed by atoms with Crippen molar-refractivity contribution in [3.63, 3.8) is 0 Å². The highest BCUT2D eigenvalue weighted by Crippen LogP contribution is 2.19. The van der Waals surface area contributed by atoms with Gasteiger partial charge >= 0.3 is 0 Å². The van der Waals surface area contributed by atoms with Crippen molar-refractivity contribution >= 4 is 17.5 Å². The van der Waals surface area contributed by atoms with Crippen molar-refractivity contribution in [3.8, 4) is 23.2 Å². The van der Waals surface area contributed by atoms with Crippen molar-refractivity contribution in [2.75, 3.05) is 0 Å². The van der Waals surface area contributed by atoms with Crippen molar-refractivity contribution in [2.24, 2.45) is 0 Å². The van der Waals surface area contributed by atoms with Crippen molar-refractivity contribution in [1.29, 1.82) is 5.26 Å². The van der Waals surface area contributed by atoms with Gasteiger partial charge in [-0.1, -0.05) is 28.9 Å². The Morgan fingerprint density at radius 3 is 2.62 bits per heavy atom. The lowest BCUT2D eigenvalue weighted by Gasteiger charge is -2.08. The molecule has 0 saturated heterocycles. The summed E-state index contributed by atoms with van der Waals surface area (Å²) < 4.78 is 10.9. The molecule has 0 unspecified atom stereocenters. The molecule has 1 N–H and O–H groups in total. The van der Waals surface area contributed by atoms with Crippen LogP contribution >= 0.6 is 11.6 Å². The second kappa shape index (κ2) is 9.77. The number of amides is 1. The molecule has 8 heteroatoms. The van der Waals surface area contributed by atoms with Crippen LogP contribution in [0.3, 0.4) is 0 Å². The van der Waals surface area contributed by atoms with Gasteiger partial charge in [-0.05, 0) is 66.2 Å². The third kappa shape index (κ3) is 5.31. The van der Waals surface area contributed by atoms with E-state index in [0.717, 1.165) is 11.1 Å². The highest BCUT2D eigenvalue weighted by atomic mass is 35.5. The van der Waals surface area contributed by atoms with Gasteiger partial charge in [0.1, 0.15) is 12.4 Å². The molecule has 1 heterocycles. The predicted molar refractivity (Wildman–Crippen MR) is 118 cm³/mol. The summed E-state index contributed by atoms with van der Waals surface area (Å²) in [7, 11) is 0. The first-order valence-corrected chi connectivity index (χ1v) is 10.1. The smallest absolute Gasteiger partial charge is 0.251 e. The van der Waals surface area contributed by atoms with Crippen LogP contribution in [0.15, 0.2) is 77.3 Å². The predicted octanol–water partition coefficient (Wildman–Crippen LogP) is 4.77. The Morgan fingerprint density at radius 1 is 1.09 bits per heavy atom. The fraction of sp³-hybridized carbons (Fsp3) is 0.0833. The van der Waals surface area contributed by atoms with Crippen LogP contribution in [0.1, 0.15) is 27.4 Å². The van der Waals surface area contributed by atoms with Crippen LogP contribution in [-0.4, -0.2) is 16.0 Å². The molecule has 32 heavy (non-hydrogen) atoms. The zero-order valence-electron chi connectivity index (χ0n) is 16.8. The summed E-state index contributed by atoms with van der Waals surface area (Å²) in [6.45, 7) is 0.395. The molecule has 0 spiro atoms. The number of nitrogens with zero attached hydrogens (tertiary/aromatic N) is 3. The molecule has 0 fully saturated rings. The Kier molecular flexibility index (Phi) is 6.44. The molecule has 0 aliphatic rings. The molecule has 4 rings (SSSR count). The summed E-state index contributed by atoms with van der Waals surface area (Å²) >= 11 is 5.89. The number of nitriles is 1. The van der Waals surface area contributed by atoms with E-state index in [0.29, 0.717) is 40.2 Å². The Morgan fingerprint density at radius 2 is 1.88 bits per heavy atom. The van der Waals surface area contributed by atoms with Crippen LogP contribution in [-0.2, 0) is 13.2 Å². The molecule has 0 radical (unpaired) electrons. The summed E-state index contributed by atoms with van der Waals surface area (Å²) in [6.07, 6.45) is 0. The molecule has 0 atom stereocenters. The van der Waals surface area contributed by atoms with Gasteiger partial charge in [-0.2, -0.15) is 10.2 Å². The average molecular weight is 445 g/mol. The molecular formula is C24H17ClN4O3. The molecule has 0 saturated carbocycles. The number of nitrogens with one attached hydrogen (secondary N) is 1. The first kappa shape index (κ1) is 21.1. The lowest BCUT2D eigenvalue weighted by Crippen LogP contribution is -2.23. The van der Waals surface area contributed by atoms with E-state index in [2.05, 4.69) is 21.5 Å². The molecule has 0 bridgehead atoms. The summed E-state index contributed by atoms with van der Waals surface area (Å²) in [5.74, 6) is 1.10. The van der Waals surface area contributed by atoms with Gasteiger partial charge in [0.05, 0.1) is 18.2 Å². The van der Waals surface area contributed by atoms with Crippen LogP contribution in [0.2, 0.25) is 5.02 Å². The first-order chi connectivity index (χ1) is 15.6. The quantitative estimate of drug-likeness (QED) is 0.440. The zero-order valence-corrected chi connectivity index (χ0v) is 17.5. The van der Waals surface area contributed by atoms with E-state index in [-0.39, 0.29) is 12.5 Å². The van der Waals surface area contributed by atoms with Crippen LogP contribution in [0.5, 0.6) is 5.75 Å². The number of hydrogen-bond donors (Lipinski definition) is 1. The lowest BCUT2D eigenvalue weighted by atomic mass is 10.1. The summed E-state index contributed by atoms with van der Waals surface area (Å²) in [6, 6.07) is 23.1. The molecular weight excluding hydrogens is 428 g/mol. The summed E-state index contributed by atoms with van der Waals surface area (Å²) in [5.41, 5.74) is 2.66. The second-order valence-electron chi connectivity index (χ2n) is 6.83. The van der Waals surface area contributed by atoms with E-state index in [4.69, 9.17) is 26.1 Å². The minimum Gasteiger partial charge on any atom is -0.489 e. The number of carbonyl (C=O) groups is 1. The fourth-order valence-corrected chi connectivity index (χ4v) is 3.02. The second-order valence-corrected chi connectivity index (χ2v) is 7.26. The highest BCUT2D eigenvalue weighted by Gasteiger charge is 2.11.